The molecule has 1 atom stereocenters. The van der Waals surface area contributed by atoms with Crippen LogP contribution in [-0.2, 0) is 4.79 Å². The van der Waals surface area contributed by atoms with Crippen LogP contribution in [0, 0.1) is 0 Å². The third-order valence-corrected chi connectivity index (χ3v) is 4.09. The van der Waals surface area contributed by atoms with Crippen molar-refractivity contribution in [1.29, 1.82) is 0 Å². The van der Waals surface area contributed by atoms with Crippen LogP contribution < -0.4 is 4.90 Å². The molecular weight excluding hydrogens is 311 g/mol. The quantitative estimate of drug-likeness (QED) is 0.936. The number of rotatable bonds is 3. The summed E-state index contributed by atoms with van der Waals surface area (Å²) in [5, 5.41) is 0.859. The molecular formula is C14H16F3N5O. The zero-order valence-corrected chi connectivity index (χ0v) is 12.5. The van der Waals surface area contributed by atoms with E-state index in [0.29, 0.717) is 25.2 Å². The molecule has 1 amide bonds. The lowest BCUT2D eigenvalue weighted by Gasteiger charge is -2.25. The molecule has 2 aromatic rings. The van der Waals surface area contributed by atoms with E-state index in [0.717, 1.165) is 11.2 Å². The molecule has 3 rings (SSSR count). The van der Waals surface area contributed by atoms with E-state index in [9.17, 15) is 18.0 Å². The number of alkyl halides is 3. The van der Waals surface area contributed by atoms with Crippen LogP contribution in [0.15, 0.2) is 18.6 Å². The van der Waals surface area contributed by atoms with Gasteiger partial charge in [0.15, 0.2) is 0 Å². The number of hydrogen-bond donors (Lipinski definition) is 1. The number of hydrogen-bond acceptors (Lipinski definition) is 4. The highest BCUT2D eigenvalue weighted by Gasteiger charge is 2.36. The maximum atomic E-state index is 12.4. The summed E-state index contributed by atoms with van der Waals surface area (Å²) >= 11 is 0. The average molecular weight is 327 g/mol. The second kappa shape index (κ2) is 5.71. The Labute approximate surface area is 130 Å². The smallest absolute Gasteiger partial charge is 0.354 e. The molecule has 1 N–H and O–H groups in total. The number of carbonyl (C=O) groups is 1. The highest BCUT2D eigenvalue weighted by Crippen LogP contribution is 2.28. The van der Waals surface area contributed by atoms with Crippen LogP contribution in [0.25, 0.3) is 11.0 Å². The van der Waals surface area contributed by atoms with Gasteiger partial charge in [-0.1, -0.05) is 0 Å². The molecule has 2 aromatic heterocycles. The van der Waals surface area contributed by atoms with E-state index in [1.54, 1.807) is 6.20 Å². The third-order valence-electron chi connectivity index (χ3n) is 4.09. The predicted octanol–water partition coefficient (Wildman–Crippen LogP) is 1.95. The largest absolute Gasteiger partial charge is 0.397 e. The van der Waals surface area contributed by atoms with Crippen molar-refractivity contribution in [3.8, 4) is 0 Å². The van der Waals surface area contributed by atoms with Gasteiger partial charge in [0.05, 0.1) is 11.4 Å². The lowest BCUT2D eigenvalue weighted by atomic mass is 10.2. The van der Waals surface area contributed by atoms with Crippen LogP contribution in [0.3, 0.4) is 0 Å². The van der Waals surface area contributed by atoms with Gasteiger partial charge >= 0.3 is 6.18 Å². The van der Waals surface area contributed by atoms with E-state index in [2.05, 4.69) is 15.0 Å². The molecule has 6 nitrogen and oxygen atoms in total. The monoisotopic (exact) mass is 327 g/mol. The summed E-state index contributed by atoms with van der Waals surface area (Å²) in [5.41, 5.74) is 0.708. The van der Waals surface area contributed by atoms with Crippen molar-refractivity contribution in [2.24, 2.45) is 0 Å². The first-order valence-corrected chi connectivity index (χ1v) is 7.20. The van der Waals surface area contributed by atoms with Crippen molar-refractivity contribution in [2.45, 2.75) is 25.1 Å². The Morgan fingerprint density at radius 2 is 2.26 bits per heavy atom. The number of aromatic nitrogens is 3. The number of fused-ring (bicyclic) bond motifs is 1. The third kappa shape index (κ3) is 3.22. The molecule has 0 aromatic carbocycles. The topological polar surface area (TPSA) is 65.1 Å². The molecule has 0 unspecified atom stereocenters. The number of likely N-dealkylation sites (N-methyl/N-ethyl adjacent to an activating group) is 1. The lowest BCUT2D eigenvalue weighted by molar-refractivity contribution is -0.161. The van der Waals surface area contributed by atoms with Gasteiger partial charge in [-0.05, 0) is 12.5 Å². The predicted molar refractivity (Wildman–Crippen MR) is 77.9 cm³/mol. The number of aromatic amines is 1. The minimum atomic E-state index is -4.48. The van der Waals surface area contributed by atoms with Crippen LogP contribution in [0.5, 0.6) is 0 Å². The Hall–Kier alpha value is -2.32. The van der Waals surface area contributed by atoms with E-state index < -0.39 is 18.5 Å². The molecule has 23 heavy (non-hydrogen) atoms. The summed E-state index contributed by atoms with van der Waals surface area (Å²) in [7, 11) is 1.42. The molecule has 1 fully saturated rings. The fourth-order valence-corrected chi connectivity index (χ4v) is 2.86. The Kier molecular flexibility index (Phi) is 3.87. The number of amides is 1. The summed E-state index contributed by atoms with van der Waals surface area (Å²) < 4.78 is 37.1. The highest BCUT2D eigenvalue weighted by molar-refractivity contribution is 5.87. The molecule has 0 bridgehead atoms. The average Bonchev–Trinajstić information content (AvgIpc) is 3.13. The Morgan fingerprint density at radius 1 is 1.48 bits per heavy atom. The molecule has 0 radical (unpaired) electrons. The number of halogens is 3. The number of H-pyrrole nitrogens is 1. The maximum absolute atomic E-state index is 12.4. The second-order valence-corrected chi connectivity index (χ2v) is 5.62. The first-order chi connectivity index (χ1) is 10.8. The molecule has 9 heteroatoms. The standard InChI is InChI=1S/C14H16F3N5O/c1-21(11(23)6-14(15,16)17)9-3-5-22(7-9)13-10-2-4-18-12(10)19-8-20-13/h2,4,8-9H,3,5-7H2,1H3,(H,18,19,20)/t9-/m1/s1. The van der Waals surface area contributed by atoms with Crippen molar-refractivity contribution < 1.29 is 18.0 Å². The molecule has 0 spiro atoms. The Morgan fingerprint density at radius 3 is 3.00 bits per heavy atom. The van der Waals surface area contributed by atoms with Gasteiger partial charge in [0, 0.05) is 26.3 Å². The van der Waals surface area contributed by atoms with Crippen LogP contribution in [0.2, 0.25) is 0 Å². The molecule has 1 saturated heterocycles. The van der Waals surface area contributed by atoms with Gasteiger partial charge < -0.3 is 14.8 Å². The van der Waals surface area contributed by atoms with E-state index in [4.69, 9.17) is 0 Å². The Bertz CT molecular complexity index is 714. The minimum Gasteiger partial charge on any atom is -0.354 e. The fourth-order valence-electron chi connectivity index (χ4n) is 2.86. The molecule has 1 aliphatic heterocycles. The van der Waals surface area contributed by atoms with Gasteiger partial charge in [-0.25, -0.2) is 9.97 Å². The molecule has 124 valence electrons. The fraction of sp³-hybridized carbons (Fsp3) is 0.500. The van der Waals surface area contributed by atoms with Crippen molar-refractivity contribution in [3.63, 3.8) is 0 Å². The summed E-state index contributed by atoms with van der Waals surface area (Å²) in [6, 6.07) is 1.60. The number of nitrogens with zero attached hydrogens (tertiary/aromatic N) is 4. The van der Waals surface area contributed by atoms with Crippen molar-refractivity contribution in [1.82, 2.24) is 19.9 Å². The first kappa shape index (κ1) is 15.6. The maximum Gasteiger partial charge on any atom is 0.397 e. The first-order valence-electron chi connectivity index (χ1n) is 7.20. The normalized spacial score (nSPS) is 18.6. The lowest BCUT2D eigenvalue weighted by Crippen LogP contribution is -2.40. The van der Waals surface area contributed by atoms with Gasteiger partial charge in [-0.3, -0.25) is 4.79 Å². The van der Waals surface area contributed by atoms with Gasteiger partial charge in [-0.2, -0.15) is 13.2 Å². The van der Waals surface area contributed by atoms with E-state index >= 15 is 0 Å². The van der Waals surface area contributed by atoms with Crippen molar-refractivity contribution in [2.75, 3.05) is 25.0 Å². The summed E-state index contributed by atoms with van der Waals surface area (Å²) in [6.45, 7) is 1.09. The van der Waals surface area contributed by atoms with Gasteiger partial charge in [0.2, 0.25) is 5.91 Å². The van der Waals surface area contributed by atoms with Crippen LogP contribution >= 0.6 is 0 Å². The zero-order valence-electron chi connectivity index (χ0n) is 12.5. The summed E-state index contributed by atoms with van der Waals surface area (Å²) in [5.74, 6) is -0.172. The number of carbonyl (C=O) groups excluding carboxylic acids is 1. The van der Waals surface area contributed by atoms with Gasteiger partial charge in [0.1, 0.15) is 24.2 Å². The summed E-state index contributed by atoms with van der Waals surface area (Å²) in [6.07, 6.45) is -2.09. The van der Waals surface area contributed by atoms with Gasteiger partial charge in [0.25, 0.3) is 0 Å². The van der Waals surface area contributed by atoms with Crippen LogP contribution in [0.1, 0.15) is 12.8 Å². The van der Waals surface area contributed by atoms with Gasteiger partial charge in [-0.15, -0.1) is 0 Å². The molecule has 1 aliphatic rings. The zero-order chi connectivity index (χ0) is 16.6. The molecule has 0 saturated carbocycles. The van der Waals surface area contributed by atoms with E-state index in [1.165, 1.54) is 18.3 Å². The van der Waals surface area contributed by atoms with Crippen LogP contribution in [-0.4, -0.2) is 58.1 Å². The van der Waals surface area contributed by atoms with Crippen molar-refractivity contribution >= 4 is 22.8 Å². The number of anilines is 1. The summed E-state index contributed by atoms with van der Waals surface area (Å²) in [4.78, 5) is 26.3. The Balaban J connectivity index is 1.71. The number of nitrogens with one attached hydrogen (secondary N) is 1. The molecule has 0 aliphatic carbocycles. The van der Waals surface area contributed by atoms with Crippen LogP contribution in [0.4, 0.5) is 19.0 Å². The minimum absolute atomic E-state index is 0.256. The van der Waals surface area contributed by atoms with E-state index in [1.807, 2.05) is 11.0 Å². The second-order valence-electron chi connectivity index (χ2n) is 5.62. The SMILES string of the molecule is CN(C(=O)CC(F)(F)F)[C@@H]1CCN(c2ncnc3[nH]ccc23)C1. The highest BCUT2D eigenvalue weighted by atomic mass is 19.4. The van der Waals surface area contributed by atoms with Crippen molar-refractivity contribution in [3.05, 3.63) is 18.6 Å². The van der Waals surface area contributed by atoms with E-state index in [-0.39, 0.29) is 6.04 Å². The molecule has 3 heterocycles.